The predicted molar refractivity (Wildman–Crippen MR) is 144 cm³/mol. The molecule has 0 aliphatic carbocycles. The van der Waals surface area contributed by atoms with Crippen LogP contribution in [0.5, 0.6) is 0 Å². The highest BCUT2D eigenvalue weighted by Gasteiger charge is 2.17. The van der Waals surface area contributed by atoms with Gasteiger partial charge in [0, 0.05) is 28.6 Å². The normalized spacial score (nSPS) is 11.4. The predicted octanol–water partition coefficient (Wildman–Crippen LogP) is 6.68. The Labute approximate surface area is 214 Å². The molecule has 5 aromatic heterocycles. The highest BCUT2D eigenvalue weighted by molar-refractivity contribution is 7.19. The number of aromatic nitrogens is 6. The van der Waals surface area contributed by atoms with Gasteiger partial charge in [0.15, 0.2) is 11.5 Å². The zero-order chi connectivity index (χ0) is 24.6. The number of anilines is 1. The van der Waals surface area contributed by atoms with Crippen LogP contribution in [-0.4, -0.2) is 36.0 Å². The number of thiophene rings is 1. The van der Waals surface area contributed by atoms with Crippen molar-refractivity contribution in [1.82, 2.24) is 30.1 Å². The number of hydrogen-bond donors (Lipinski definition) is 3. The topological polar surface area (TPSA) is 112 Å². The number of hydrogen-bond acceptors (Lipinski definition) is 6. The summed E-state index contributed by atoms with van der Waals surface area (Å²) in [7, 11) is 0. The Morgan fingerprint density at radius 1 is 1.06 bits per heavy atom. The van der Waals surface area contributed by atoms with Gasteiger partial charge in [-0.1, -0.05) is 30.7 Å². The van der Waals surface area contributed by atoms with Crippen molar-refractivity contribution in [2.75, 3.05) is 5.32 Å². The molecule has 0 saturated heterocycles. The fourth-order valence-corrected chi connectivity index (χ4v) is 5.20. The monoisotopic (exact) mass is 513 g/mol. The number of aromatic amines is 2. The highest BCUT2D eigenvalue weighted by atomic mass is 35.5. The van der Waals surface area contributed by atoms with E-state index in [2.05, 4.69) is 25.5 Å². The van der Waals surface area contributed by atoms with E-state index >= 15 is 0 Å². The molecule has 8 nitrogen and oxygen atoms in total. The summed E-state index contributed by atoms with van der Waals surface area (Å²) in [6.45, 7) is 1.97. The Bertz CT molecular complexity index is 1740. The summed E-state index contributed by atoms with van der Waals surface area (Å²) in [5, 5.41) is 10.4. The summed E-state index contributed by atoms with van der Waals surface area (Å²) in [4.78, 5) is 30.5. The minimum absolute atomic E-state index is 0.0361. The van der Waals surface area contributed by atoms with Gasteiger partial charge in [-0.3, -0.25) is 14.9 Å². The van der Waals surface area contributed by atoms with Gasteiger partial charge < -0.3 is 10.3 Å². The van der Waals surface area contributed by atoms with Gasteiger partial charge >= 0.3 is 0 Å². The van der Waals surface area contributed by atoms with Gasteiger partial charge in [0.2, 0.25) is 5.91 Å². The quantitative estimate of drug-likeness (QED) is 0.230. The first-order valence-electron chi connectivity index (χ1n) is 11.4. The Kier molecular flexibility index (Phi) is 5.71. The summed E-state index contributed by atoms with van der Waals surface area (Å²) in [6.07, 6.45) is 4.60. The van der Waals surface area contributed by atoms with E-state index in [4.69, 9.17) is 21.6 Å². The number of carbonyl (C=O) groups is 1. The van der Waals surface area contributed by atoms with Gasteiger partial charge in [0.05, 0.1) is 38.5 Å². The third kappa shape index (κ3) is 4.12. The summed E-state index contributed by atoms with van der Waals surface area (Å²) in [5.74, 6) is 0.584. The lowest BCUT2D eigenvalue weighted by atomic mass is 10.1. The molecule has 10 heteroatoms. The molecule has 178 valence electrons. The zero-order valence-electron chi connectivity index (χ0n) is 19.2. The van der Waals surface area contributed by atoms with E-state index in [1.165, 1.54) is 11.3 Å². The summed E-state index contributed by atoms with van der Waals surface area (Å²) in [6, 6.07) is 15.6. The SMILES string of the molecule is CCCC(=O)Nc1cncc(-c2ccc3[nH]nc(-c4nc5c(-c6ccc(Cl)s6)cccc5[nH]4)c3n2)c1. The van der Waals surface area contributed by atoms with Crippen molar-refractivity contribution in [2.45, 2.75) is 19.8 Å². The molecule has 6 aromatic rings. The lowest BCUT2D eigenvalue weighted by Gasteiger charge is -2.06. The fourth-order valence-electron chi connectivity index (χ4n) is 4.13. The Morgan fingerprint density at radius 2 is 1.97 bits per heavy atom. The van der Waals surface area contributed by atoms with Crippen molar-refractivity contribution in [3.63, 3.8) is 0 Å². The zero-order valence-corrected chi connectivity index (χ0v) is 20.7. The molecule has 0 bridgehead atoms. The molecule has 0 spiro atoms. The number of rotatable bonds is 6. The number of nitrogens with zero attached hydrogens (tertiary/aromatic N) is 4. The summed E-state index contributed by atoms with van der Waals surface area (Å²) >= 11 is 7.69. The third-order valence-electron chi connectivity index (χ3n) is 5.78. The second-order valence-electron chi connectivity index (χ2n) is 8.32. The van der Waals surface area contributed by atoms with Crippen LogP contribution >= 0.6 is 22.9 Å². The molecule has 1 aromatic carbocycles. The fraction of sp³-hybridized carbons (Fsp3) is 0.115. The molecule has 0 saturated carbocycles. The average Bonchev–Trinajstić information content (AvgIpc) is 3.61. The lowest BCUT2D eigenvalue weighted by molar-refractivity contribution is -0.116. The van der Waals surface area contributed by atoms with Crippen molar-refractivity contribution in [3.8, 4) is 33.2 Å². The number of imidazole rings is 1. The van der Waals surface area contributed by atoms with Crippen LogP contribution in [0.1, 0.15) is 19.8 Å². The molecule has 0 aliphatic rings. The maximum absolute atomic E-state index is 12.0. The lowest BCUT2D eigenvalue weighted by Crippen LogP contribution is -2.10. The number of halogens is 1. The third-order valence-corrected chi connectivity index (χ3v) is 7.04. The average molecular weight is 514 g/mol. The smallest absolute Gasteiger partial charge is 0.224 e. The number of amides is 1. The van der Waals surface area contributed by atoms with Crippen molar-refractivity contribution in [3.05, 3.63) is 65.3 Å². The van der Waals surface area contributed by atoms with E-state index in [-0.39, 0.29) is 5.91 Å². The number of para-hydroxylation sites is 1. The second kappa shape index (κ2) is 9.18. The molecule has 3 N–H and O–H groups in total. The minimum Gasteiger partial charge on any atom is -0.336 e. The second-order valence-corrected chi connectivity index (χ2v) is 10.0. The number of H-pyrrole nitrogens is 2. The molecular formula is C26H20ClN7OS. The Hall–Kier alpha value is -4.08. The van der Waals surface area contributed by atoms with Crippen LogP contribution in [0.2, 0.25) is 4.34 Å². The molecule has 0 fully saturated rings. The largest absolute Gasteiger partial charge is 0.336 e. The van der Waals surface area contributed by atoms with Gasteiger partial charge in [-0.2, -0.15) is 5.10 Å². The molecule has 0 radical (unpaired) electrons. The standard InChI is InChI=1S/C26H20ClN7OS/c1-2-4-22(35)29-15-11-14(12-28-13-15)17-7-8-19-24(30-17)25(34-33-19)26-31-18-6-3-5-16(23(18)32-26)20-9-10-21(27)36-20/h3,5-13H,2,4H2,1H3,(H,29,35)(H,31,32)(H,33,34). The first-order chi connectivity index (χ1) is 17.6. The van der Waals surface area contributed by atoms with Gasteiger partial charge in [0.1, 0.15) is 5.52 Å². The number of benzene rings is 1. The summed E-state index contributed by atoms with van der Waals surface area (Å²) in [5.41, 5.74) is 7.00. The molecule has 0 atom stereocenters. The molecule has 36 heavy (non-hydrogen) atoms. The maximum atomic E-state index is 12.0. The highest BCUT2D eigenvalue weighted by Crippen LogP contribution is 2.36. The molecule has 5 heterocycles. The van der Waals surface area contributed by atoms with Gasteiger partial charge in [-0.25, -0.2) is 9.97 Å². The summed E-state index contributed by atoms with van der Waals surface area (Å²) < 4.78 is 0.733. The van der Waals surface area contributed by atoms with Crippen LogP contribution in [0.15, 0.2) is 60.9 Å². The number of carbonyl (C=O) groups excluding carboxylic acids is 1. The molecule has 0 aliphatic heterocycles. The molecule has 1 amide bonds. The van der Waals surface area contributed by atoms with Crippen LogP contribution in [0.4, 0.5) is 5.69 Å². The van der Waals surface area contributed by atoms with Crippen molar-refractivity contribution in [2.24, 2.45) is 0 Å². The Morgan fingerprint density at radius 3 is 2.81 bits per heavy atom. The maximum Gasteiger partial charge on any atom is 0.224 e. The first kappa shape index (κ1) is 22.4. The number of pyridine rings is 2. The van der Waals surface area contributed by atoms with E-state index in [9.17, 15) is 4.79 Å². The van der Waals surface area contributed by atoms with Crippen LogP contribution in [0, 0.1) is 0 Å². The van der Waals surface area contributed by atoms with Gasteiger partial charge in [0.25, 0.3) is 0 Å². The van der Waals surface area contributed by atoms with Gasteiger partial charge in [-0.05, 0) is 42.8 Å². The van der Waals surface area contributed by atoms with Crippen LogP contribution in [-0.2, 0) is 4.79 Å². The minimum atomic E-state index is -0.0361. The number of fused-ring (bicyclic) bond motifs is 2. The van der Waals surface area contributed by atoms with Gasteiger partial charge in [-0.15, -0.1) is 11.3 Å². The first-order valence-corrected chi connectivity index (χ1v) is 12.6. The van der Waals surface area contributed by atoms with Crippen molar-refractivity contribution < 1.29 is 4.79 Å². The van der Waals surface area contributed by atoms with E-state index in [0.29, 0.717) is 34.8 Å². The van der Waals surface area contributed by atoms with Crippen LogP contribution < -0.4 is 5.32 Å². The van der Waals surface area contributed by atoms with Crippen LogP contribution in [0.25, 0.3) is 55.3 Å². The van der Waals surface area contributed by atoms with E-state index < -0.39 is 0 Å². The van der Waals surface area contributed by atoms with Crippen LogP contribution in [0.3, 0.4) is 0 Å². The molecule has 0 unspecified atom stereocenters. The number of nitrogens with one attached hydrogen (secondary N) is 3. The van der Waals surface area contributed by atoms with E-state index in [1.807, 2.05) is 55.5 Å². The molecule has 6 rings (SSSR count). The Balaban J connectivity index is 1.40. The van der Waals surface area contributed by atoms with E-state index in [1.54, 1.807) is 12.4 Å². The van der Waals surface area contributed by atoms with Crippen molar-refractivity contribution in [1.29, 1.82) is 0 Å². The molecular weight excluding hydrogens is 494 g/mol. The van der Waals surface area contributed by atoms with E-state index in [0.717, 1.165) is 43.3 Å². The van der Waals surface area contributed by atoms with Crippen molar-refractivity contribution >= 4 is 56.6 Å².